The lowest BCUT2D eigenvalue weighted by atomic mass is 9.97. The molecule has 0 aliphatic heterocycles. The van der Waals surface area contributed by atoms with Gasteiger partial charge in [0.05, 0.1) is 6.33 Å². The Morgan fingerprint density at radius 2 is 2.00 bits per heavy atom. The van der Waals surface area contributed by atoms with Gasteiger partial charge >= 0.3 is 0 Å². The molecular weight excluding hydrogens is 246 g/mol. The zero-order valence-electron chi connectivity index (χ0n) is 12.3. The van der Waals surface area contributed by atoms with Crippen LogP contribution in [0.4, 0.5) is 0 Å². The Labute approximate surface area is 121 Å². The fraction of sp³-hybridized carbons (Fsp3) is 0.471. The minimum atomic E-state index is 0.679. The van der Waals surface area contributed by atoms with Gasteiger partial charge < -0.3 is 9.88 Å². The van der Waals surface area contributed by atoms with Gasteiger partial charge in [-0.1, -0.05) is 26.0 Å². The highest BCUT2D eigenvalue weighted by Crippen LogP contribution is 2.31. The topological polar surface area (TPSA) is 29.9 Å². The molecule has 20 heavy (non-hydrogen) atoms. The summed E-state index contributed by atoms with van der Waals surface area (Å²) in [5.41, 5.74) is 2.51. The number of nitrogens with zero attached hydrogens (tertiary/aromatic N) is 2. The molecule has 1 saturated carbocycles. The third-order valence-electron chi connectivity index (χ3n) is 4.77. The largest absolute Gasteiger partial charge is 0.310 e. The van der Waals surface area contributed by atoms with Crippen molar-refractivity contribution in [2.75, 3.05) is 0 Å². The van der Waals surface area contributed by atoms with Crippen molar-refractivity contribution in [2.24, 2.45) is 11.8 Å². The van der Waals surface area contributed by atoms with E-state index >= 15 is 0 Å². The second-order valence-corrected chi connectivity index (χ2v) is 6.04. The van der Waals surface area contributed by atoms with E-state index < -0.39 is 0 Å². The van der Waals surface area contributed by atoms with Gasteiger partial charge in [-0.05, 0) is 42.4 Å². The molecular formula is C17H23N3. The molecule has 3 nitrogen and oxygen atoms in total. The molecule has 3 atom stereocenters. The van der Waals surface area contributed by atoms with Gasteiger partial charge in [0.15, 0.2) is 0 Å². The first-order valence-corrected chi connectivity index (χ1v) is 7.54. The Hall–Kier alpha value is -1.61. The Morgan fingerprint density at radius 3 is 2.60 bits per heavy atom. The third kappa shape index (κ3) is 2.78. The Kier molecular flexibility index (Phi) is 3.88. The van der Waals surface area contributed by atoms with Gasteiger partial charge in [-0.25, -0.2) is 4.98 Å². The molecule has 0 saturated heterocycles. The van der Waals surface area contributed by atoms with Crippen molar-refractivity contribution in [3.8, 4) is 5.69 Å². The quantitative estimate of drug-likeness (QED) is 0.922. The summed E-state index contributed by atoms with van der Waals surface area (Å²) in [5.74, 6) is 1.65. The van der Waals surface area contributed by atoms with Crippen molar-refractivity contribution in [2.45, 2.75) is 39.3 Å². The molecule has 3 heteroatoms. The Balaban J connectivity index is 1.59. The van der Waals surface area contributed by atoms with Crippen molar-refractivity contribution in [1.29, 1.82) is 0 Å². The predicted molar refractivity (Wildman–Crippen MR) is 81.8 cm³/mol. The summed E-state index contributed by atoms with van der Waals surface area (Å²) in [6, 6.07) is 9.38. The lowest BCUT2D eigenvalue weighted by Crippen LogP contribution is -2.31. The van der Waals surface area contributed by atoms with Crippen molar-refractivity contribution in [1.82, 2.24) is 14.9 Å². The van der Waals surface area contributed by atoms with Gasteiger partial charge in [-0.2, -0.15) is 0 Å². The maximum absolute atomic E-state index is 4.08. The van der Waals surface area contributed by atoms with Crippen LogP contribution in [-0.2, 0) is 6.54 Å². The molecule has 1 aliphatic rings. The van der Waals surface area contributed by atoms with Crippen LogP contribution >= 0.6 is 0 Å². The van der Waals surface area contributed by atoms with E-state index in [1.165, 1.54) is 18.4 Å². The molecule has 1 aromatic heterocycles. The number of hydrogen-bond donors (Lipinski definition) is 1. The van der Waals surface area contributed by atoms with E-state index in [-0.39, 0.29) is 0 Å². The standard InChI is InChI=1S/C17H23N3/c1-13-3-8-17(14(13)2)19-11-15-4-6-16(7-5-15)20-10-9-18-12-20/h4-7,9-10,12-14,17,19H,3,8,11H2,1-2H3. The van der Waals surface area contributed by atoms with Crippen LogP contribution in [0, 0.1) is 11.8 Å². The lowest BCUT2D eigenvalue weighted by Gasteiger charge is -2.19. The van der Waals surface area contributed by atoms with E-state index in [4.69, 9.17) is 0 Å². The maximum atomic E-state index is 4.08. The van der Waals surface area contributed by atoms with Crippen LogP contribution in [0.2, 0.25) is 0 Å². The van der Waals surface area contributed by atoms with Gasteiger partial charge in [-0.15, -0.1) is 0 Å². The zero-order chi connectivity index (χ0) is 13.9. The van der Waals surface area contributed by atoms with E-state index in [2.05, 4.69) is 48.4 Å². The first-order valence-electron chi connectivity index (χ1n) is 7.54. The summed E-state index contributed by atoms with van der Waals surface area (Å²) in [6.07, 6.45) is 8.27. The van der Waals surface area contributed by atoms with Gasteiger partial charge in [0.2, 0.25) is 0 Å². The Bertz CT molecular complexity index is 530. The van der Waals surface area contributed by atoms with Gasteiger partial charge in [0.1, 0.15) is 0 Å². The number of hydrogen-bond acceptors (Lipinski definition) is 2. The van der Waals surface area contributed by atoms with Gasteiger partial charge in [-0.3, -0.25) is 0 Å². The number of aromatic nitrogens is 2. The number of rotatable bonds is 4. The second-order valence-electron chi connectivity index (χ2n) is 6.04. The van der Waals surface area contributed by atoms with Gasteiger partial charge in [0.25, 0.3) is 0 Å². The number of benzene rings is 1. The van der Waals surface area contributed by atoms with E-state index in [1.54, 1.807) is 6.20 Å². The van der Waals surface area contributed by atoms with Crippen LogP contribution < -0.4 is 5.32 Å². The Morgan fingerprint density at radius 1 is 1.20 bits per heavy atom. The highest BCUT2D eigenvalue weighted by Gasteiger charge is 2.28. The van der Waals surface area contributed by atoms with E-state index in [9.17, 15) is 0 Å². The van der Waals surface area contributed by atoms with Crippen LogP contribution in [-0.4, -0.2) is 15.6 Å². The highest BCUT2D eigenvalue weighted by atomic mass is 15.0. The zero-order valence-corrected chi connectivity index (χ0v) is 12.3. The number of imidazole rings is 1. The highest BCUT2D eigenvalue weighted by molar-refractivity contribution is 5.34. The molecule has 1 heterocycles. The molecule has 0 bridgehead atoms. The average molecular weight is 269 g/mol. The van der Waals surface area contributed by atoms with E-state index in [1.807, 2.05) is 17.1 Å². The first-order chi connectivity index (χ1) is 9.74. The molecule has 3 unspecified atom stereocenters. The molecule has 0 radical (unpaired) electrons. The van der Waals surface area contributed by atoms with Crippen LogP contribution in [0.1, 0.15) is 32.3 Å². The smallest absolute Gasteiger partial charge is 0.0991 e. The van der Waals surface area contributed by atoms with Crippen molar-refractivity contribution >= 4 is 0 Å². The SMILES string of the molecule is CC1CCC(NCc2ccc(-n3ccnc3)cc2)C1C. The van der Waals surface area contributed by atoms with E-state index in [0.29, 0.717) is 6.04 Å². The monoisotopic (exact) mass is 269 g/mol. The summed E-state index contributed by atoms with van der Waals surface area (Å²) < 4.78 is 2.03. The summed E-state index contributed by atoms with van der Waals surface area (Å²) in [7, 11) is 0. The molecule has 106 valence electrons. The molecule has 2 aromatic rings. The van der Waals surface area contributed by atoms with Crippen molar-refractivity contribution in [3.63, 3.8) is 0 Å². The summed E-state index contributed by atoms with van der Waals surface area (Å²) in [4.78, 5) is 4.08. The van der Waals surface area contributed by atoms with E-state index in [0.717, 1.165) is 24.1 Å². The molecule has 0 amide bonds. The van der Waals surface area contributed by atoms with Crippen LogP contribution in [0.5, 0.6) is 0 Å². The summed E-state index contributed by atoms with van der Waals surface area (Å²) >= 11 is 0. The summed E-state index contributed by atoms with van der Waals surface area (Å²) in [5, 5.41) is 3.71. The molecule has 1 aliphatic carbocycles. The fourth-order valence-corrected chi connectivity index (χ4v) is 3.10. The van der Waals surface area contributed by atoms with Crippen molar-refractivity contribution in [3.05, 3.63) is 48.5 Å². The summed E-state index contributed by atoms with van der Waals surface area (Å²) in [6.45, 7) is 5.70. The van der Waals surface area contributed by atoms with Crippen molar-refractivity contribution < 1.29 is 0 Å². The molecule has 3 rings (SSSR count). The van der Waals surface area contributed by atoms with Crippen LogP contribution in [0.15, 0.2) is 43.0 Å². The molecule has 1 N–H and O–H groups in total. The predicted octanol–water partition coefficient (Wildman–Crippen LogP) is 3.40. The molecule has 1 aromatic carbocycles. The maximum Gasteiger partial charge on any atom is 0.0991 e. The minimum absolute atomic E-state index is 0.679. The first kappa shape index (κ1) is 13.4. The average Bonchev–Trinajstić information content (AvgIpc) is 3.10. The molecule has 0 spiro atoms. The normalized spacial score (nSPS) is 26.0. The number of nitrogens with one attached hydrogen (secondary N) is 1. The second kappa shape index (κ2) is 5.80. The van der Waals surface area contributed by atoms with Gasteiger partial charge in [0, 0.05) is 30.7 Å². The molecule has 1 fully saturated rings. The third-order valence-corrected chi connectivity index (χ3v) is 4.77. The van der Waals surface area contributed by atoms with Crippen LogP contribution in [0.25, 0.3) is 5.69 Å². The van der Waals surface area contributed by atoms with Crippen LogP contribution in [0.3, 0.4) is 0 Å². The minimum Gasteiger partial charge on any atom is -0.310 e. The fourth-order valence-electron chi connectivity index (χ4n) is 3.10. The lowest BCUT2D eigenvalue weighted by molar-refractivity contribution is 0.370.